The molecule has 1 aliphatic rings. The number of rotatable bonds is 5. The molecule has 0 unspecified atom stereocenters. The number of ether oxygens (including phenoxy) is 1. The Kier molecular flexibility index (Phi) is 6.10. The summed E-state index contributed by atoms with van der Waals surface area (Å²) in [5.74, 6) is 0.239. The van der Waals surface area contributed by atoms with Crippen molar-refractivity contribution in [3.8, 4) is 17.0 Å². The molecule has 0 saturated carbocycles. The lowest BCUT2D eigenvalue weighted by Crippen LogP contribution is -2.17. The second kappa shape index (κ2) is 9.21. The van der Waals surface area contributed by atoms with E-state index in [1.807, 2.05) is 18.2 Å². The molecule has 0 radical (unpaired) electrons. The minimum atomic E-state index is -4.45. The molecule has 35 heavy (non-hydrogen) atoms. The van der Waals surface area contributed by atoms with E-state index in [1.54, 1.807) is 30.1 Å². The molecule has 1 atom stereocenters. The molecule has 180 valence electrons. The number of halogens is 4. The standard InChI is InChI=1S/C24H19F4N5OS/c1-33-21(6-8-31-33)20-10-14(24(26,27)28)2-4-17(20)18-7-9-34-22-11-16(3-5-19(18)22)35-32-23-29-12-15(25)13-30-23/h2-6,8,10-13,18H,7,9H2,1H3,(H,29,30,32)/t18-/m0/s1. The van der Waals surface area contributed by atoms with Crippen molar-refractivity contribution in [2.75, 3.05) is 11.3 Å². The molecule has 2 aromatic carbocycles. The van der Waals surface area contributed by atoms with Crippen LogP contribution in [0.25, 0.3) is 11.3 Å². The Morgan fingerprint density at radius 1 is 1.06 bits per heavy atom. The van der Waals surface area contributed by atoms with Crippen LogP contribution in [0.15, 0.2) is 66.0 Å². The summed E-state index contributed by atoms with van der Waals surface area (Å²) in [5, 5.41) is 4.15. The van der Waals surface area contributed by atoms with Gasteiger partial charge in [-0.15, -0.1) is 0 Å². The van der Waals surface area contributed by atoms with Gasteiger partial charge in [0.2, 0.25) is 5.95 Å². The van der Waals surface area contributed by atoms with Crippen LogP contribution in [0.3, 0.4) is 0 Å². The predicted octanol–water partition coefficient (Wildman–Crippen LogP) is 6.07. The van der Waals surface area contributed by atoms with E-state index in [4.69, 9.17) is 4.74 Å². The molecule has 1 aliphatic heterocycles. The molecule has 5 rings (SSSR count). The third-order valence-electron chi connectivity index (χ3n) is 5.76. The normalized spacial score (nSPS) is 15.4. The summed E-state index contributed by atoms with van der Waals surface area (Å²) in [6, 6.07) is 11.2. The lowest BCUT2D eigenvalue weighted by Gasteiger charge is -2.28. The van der Waals surface area contributed by atoms with Gasteiger partial charge in [-0.3, -0.25) is 9.40 Å². The molecule has 3 heterocycles. The number of hydrogen-bond donors (Lipinski definition) is 1. The molecule has 6 nitrogen and oxygen atoms in total. The van der Waals surface area contributed by atoms with Gasteiger partial charge >= 0.3 is 6.18 Å². The van der Waals surface area contributed by atoms with Crippen LogP contribution in [0.1, 0.15) is 29.0 Å². The Hall–Kier alpha value is -3.60. The summed E-state index contributed by atoms with van der Waals surface area (Å²) in [7, 11) is 1.71. The molecule has 11 heteroatoms. The summed E-state index contributed by atoms with van der Waals surface area (Å²) in [5.41, 5.74) is 2.07. The molecule has 0 spiro atoms. The van der Waals surface area contributed by atoms with Crippen molar-refractivity contribution in [3.05, 3.63) is 83.6 Å². The number of alkyl halides is 3. The topological polar surface area (TPSA) is 64.9 Å². The average molecular weight is 502 g/mol. The average Bonchev–Trinajstić information content (AvgIpc) is 3.28. The zero-order chi connectivity index (χ0) is 24.6. The van der Waals surface area contributed by atoms with E-state index in [-0.39, 0.29) is 11.9 Å². The Bertz CT molecular complexity index is 1360. The van der Waals surface area contributed by atoms with E-state index in [0.717, 1.165) is 34.5 Å². The lowest BCUT2D eigenvalue weighted by molar-refractivity contribution is -0.137. The van der Waals surface area contributed by atoms with E-state index >= 15 is 0 Å². The van der Waals surface area contributed by atoms with Crippen LogP contribution >= 0.6 is 11.9 Å². The Morgan fingerprint density at radius 2 is 1.83 bits per heavy atom. The first kappa shape index (κ1) is 23.2. The number of benzene rings is 2. The second-order valence-electron chi connectivity index (χ2n) is 7.96. The summed E-state index contributed by atoms with van der Waals surface area (Å²) >= 11 is 1.24. The number of anilines is 1. The number of aryl methyl sites for hydroxylation is 1. The highest BCUT2D eigenvalue weighted by Gasteiger charge is 2.33. The minimum Gasteiger partial charge on any atom is -0.493 e. The molecule has 1 N–H and O–H groups in total. The number of fused-ring (bicyclic) bond motifs is 1. The molecule has 0 fully saturated rings. The van der Waals surface area contributed by atoms with Crippen molar-refractivity contribution < 1.29 is 22.3 Å². The van der Waals surface area contributed by atoms with E-state index in [0.29, 0.717) is 30.0 Å². The van der Waals surface area contributed by atoms with Gasteiger partial charge in [-0.25, -0.2) is 14.4 Å². The van der Waals surface area contributed by atoms with Gasteiger partial charge in [0.1, 0.15) is 5.75 Å². The SMILES string of the molecule is Cn1nccc1-c1cc(C(F)(F)F)ccc1[C@@H]1CCOc2cc(SNc3ncc(F)cn3)ccc21. The first-order valence-electron chi connectivity index (χ1n) is 10.7. The van der Waals surface area contributed by atoms with Gasteiger partial charge in [-0.2, -0.15) is 18.3 Å². The van der Waals surface area contributed by atoms with E-state index in [1.165, 1.54) is 18.0 Å². The largest absolute Gasteiger partial charge is 0.493 e. The van der Waals surface area contributed by atoms with Gasteiger partial charge in [0, 0.05) is 35.2 Å². The van der Waals surface area contributed by atoms with Crippen LogP contribution in [-0.4, -0.2) is 26.4 Å². The maximum atomic E-state index is 13.5. The van der Waals surface area contributed by atoms with Crippen molar-refractivity contribution in [2.45, 2.75) is 23.4 Å². The minimum absolute atomic E-state index is 0.154. The quantitative estimate of drug-likeness (QED) is 0.265. The van der Waals surface area contributed by atoms with Gasteiger partial charge in [-0.05, 0) is 54.3 Å². The summed E-state index contributed by atoms with van der Waals surface area (Å²) in [4.78, 5) is 8.54. The van der Waals surface area contributed by atoms with Crippen LogP contribution in [0.4, 0.5) is 23.5 Å². The Morgan fingerprint density at radius 3 is 2.54 bits per heavy atom. The maximum Gasteiger partial charge on any atom is 0.416 e. The first-order valence-corrected chi connectivity index (χ1v) is 11.5. The van der Waals surface area contributed by atoms with Gasteiger partial charge in [0.15, 0.2) is 5.82 Å². The van der Waals surface area contributed by atoms with Gasteiger partial charge in [0.05, 0.1) is 30.3 Å². The van der Waals surface area contributed by atoms with Gasteiger partial charge in [-0.1, -0.05) is 12.1 Å². The molecule has 2 aromatic heterocycles. The predicted molar refractivity (Wildman–Crippen MR) is 124 cm³/mol. The number of nitrogens with one attached hydrogen (secondary N) is 1. The second-order valence-corrected chi connectivity index (χ2v) is 8.84. The van der Waals surface area contributed by atoms with Gasteiger partial charge in [0.25, 0.3) is 0 Å². The van der Waals surface area contributed by atoms with Crippen LogP contribution in [-0.2, 0) is 13.2 Å². The molecular formula is C24H19F4N5OS. The fourth-order valence-corrected chi connectivity index (χ4v) is 4.74. The van der Waals surface area contributed by atoms with Crippen molar-refractivity contribution in [2.24, 2.45) is 7.05 Å². The van der Waals surface area contributed by atoms with Gasteiger partial charge < -0.3 is 4.74 Å². The molecule has 0 aliphatic carbocycles. The van der Waals surface area contributed by atoms with E-state index < -0.39 is 17.6 Å². The third kappa shape index (κ3) is 4.81. The number of nitrogens with zero attached hydrogens (tertiary/aromatic N) is 4. The monoisotopic (exact) mass is 501 g/mol. The molecule has 0 bridgehead atoms. The fourth-order valence-electron chi connectivity index (χ4n) is 4.12. The molecule has 4 aromatic rings. The lowest BCUT2D eigenvalue weighted by atomic mass is 9.83. The Balaban J connectivity index is 1.48. The molecular weight excluding hydrogens is 482 g/mol. The molecule has 0 saturated heterocycles. The highest BCUT2D eigenvalue weighted by Crippen LogP contribution is 2.44. The number of aromatic nitrogens is 4. The third-order valence-corrected chi connectivity index (χ3v) is 6.53. The zero-order valence-corrected chi connectivity index (χ0v) is 19.2. The zero-order valence-electron chi connectivity index (χ0n) is 18.4. The van der Waals surface area contributed by atoms with Crippen molar-refractivity contribution >= 4 is 17.9 Å². The molecule has 0 amide bonds. The van der Waals surface area contributed by atoms with Crippen molar-refractivity contribution in [1.82, 2.24) is 19.7 Å². The summed E-state index contributed by atoms with van der Waals surface area (Å²) < 4.78 is 63.9. The van der Waals surface area contributed by atoms with Crippen LogP contribution < -0.4 is 9.46 Å². The summed E-state index contributed by atoms with van der Waals surface area (Å²) in [6.07, 6.45) is -0.121. The summed E-state index contributed by atoms with van der Waals surface area (Å²) in [6.45, 7) is 0.423. The smallest absolute Gasteiger partial charge is 0.416 e. The van der Waals surface area contributed by atoms with Crippen molar-refractivity contribution in [1.29, 1.82) is 0 Å². The van der Waals surface area contributed by atoms with E-state index in [2.05, 4.69) is 19.8 Å². The van der Waals surface area contributed by atoms with Crippen molar-refractivity contribution in [3.63, 3.8) is 0 Å². The Labute approximate surface area is 202 Å². The highest BCUT2D eigenvalue weighted by atomic mass is 32.2. The highest BCUT2D eigenvalue weighted by molar-refractivity contribution is 8.00. The maximum absolute atomic E-state index is 13.5. The van der Waals surface area contributed by atoms with Crippen LogP contribution in [0, 0.1) is 5.82 Å². The van der Waals surface area contributed by atoms with E-state index in [9.17, 15) is 17.6 Å². The van der Waals surface area contributed by atoms with Crippen LogP contribution in [0.5, 0.6) is 5.75 Å². The number of hydrogen-bond acceptors (Lipinski definition) is 6. The fraction of sp³-hybridized carbons (Fsp3) is 0.208. The first-order chi connectivity index (χ1) is 16.8. The van der Waals surface area contributed by atoms with Crippen LogP contribution in [0.2, 0.25) is 0 Å².